The molecule has 4 nitrogen and oxygen atoms in total. The summed E-state index contributed by atoms with van der Waals surface area (Å²) in [4.78, 5) is 2.34. The third-order valence-electron chi connectivity index (χ3n) is 3.77. The topological polar surface area (TPSA) is 47.7 Å². The van der Waals surface area contributed by atoms with E-state index in [1.165, 1.54) is 12.8 Å². The van der Waals surface area contributed by atoms with Crippen LogP contribution in [0.5, 0.6) is 0 Å². The first-order valence-corrected chi connectivity index (χ1v) is 6.69. The molecule has 0 saturated carbocycles. The molecule has 1 aliphatic rings. The minimum absolute atomic E-state index is 0.0620. The second-order valence-corrected chi connectivity index (χ2v) is 5.30. The van der Waals surface area contributed by atoms with Crippen molar-refractivity contribution >= 4 is 0 Å². The fourth-order valence-corrected chi connectivity index (χ4v) is 2.21. The van der Waals surface area contributed by atoms with E-state index in [0.717, 1.165) is 26.4 Å². The molecule has 4 heteroatoms. The number of hydrogen-bond acceptors (Lipinski definition) is 4. The molecule has 2 N–H and O–H groups in total. The van der Waals surface area contributed by atoms with Crippen LogP contribution in [-0.4, -0.2) is 57.0 Å². The molecule has 1 heterocycles. The largest absolute Gasteiger partial charge is 0.381 e. The number of rotatable bonds is 7. The number of nitrogens with two attached hydrogens (primary N) is 1. The zero-order valence-electron chi connectivity index (χ0n) is 11.6. The second-order valence-electron chi connectivity index (χ2n) is 5.30. The Morgan fingerprint density at radius 1 is 1.53 bits per heavy atom. The summed E-state index contributed by atoms with van der Waals surface area (Å²) in [6.07, 6.45) is 2.45. The van der Waals surface area contributed by atoms with Gasteiger partial charge in [-0.05, 0) is 39.7 Å². The molecule has 2 atom stereocenters. The molecule has 0 aromatic heterocycles. The smallest absolute Gasteiger partial charge is 0.0659 e. The highest BCUT2D eigenvalue weighted by atomic mass is 16.5. The van der Waals surface area contributed by atoms with Gasteiger partial charge in [0.2, 0.25) is 0 Å². The highest BCUT2D eigenvalue weighted by molar-refractivity contribution is 4.87. The highest BCUT2D eigenvalue weighted by Gasteiger charge is 2.30. The molecule has 1 fully saturated rings. The van der Waals surface area contributed by atoms with Crippen LogP contribution in [0.25, 0.3) is 0 Å². The van der Waals surface area contributed by atoms with Crippen LogP contribution < -0.4 is 5.73 Å². The molecule has 0 bridgehead atoms. The average Bonchev–Trinajstić information content (AvgIpc) is 2.37. The molecule has 2 unspecified atom stereocenters. The first-order chi connectivity index (χ1) is 8.12. The number of ether oxygens (including phenoxy) is 2. The van der Waals surface area contributed by atoms with E-state index in [9.17, 15) is 0 Å². The number of nitrogens with zero attached hydrogens (tertiary/aromatic N) is 1. The summed E-state index contributed by atoms with van der Waals surface area (Å²) in [5.74, 6) is 0.640. The van der Waals surface area contributed by atoms with Crippen LogP contribution in [0.15, 0.2) is 0 Å². The normalized spacial score (nSPS) is 24.9. The third kappa shape index (κ3) is 4.54. The van der Waals surface area contributed by atoms with E-state index >= 15 is 0 Å². The number of hydrogen-bond donors (Lipinski definition) is 1. The van der Waals surface area contributed by atoms with Gasteiger partial charge >= 0.3 is 0 Å². The van der Waals surface area contributed by atoms with Crippen molar-refractivity contribution in [1.29, 1.82) is 0 Å². The summed E-state index contributed by atoms with van der Waals surface area (Å²) in [6, 6.07) is 0. The lowest BCUT2D eigenvalue weighted by Gasteiger charge is -2.40. The predicted octanol–water partition coefficient (Wildman–Crippen LogP) is 1.10. The summed E-state index contributed by atoms with van der Waals surface area (Å²) in [6.45, 7) is 9.11. The molecule has 0 aromatic rings. The van der Waals surface area contributed by atoms with Crippen LogP contribution in [0.4, 0.5) is 0 Å². The first kappa shape index (κ1) is 14.9. The van der Waals surface area contributed by atoms with E-state index in [2.05, 4.69) is 18.9 Å². The van der Waals surface area contributed by atoms with Crippen LogP contribution in [0, 0.1) is 5.92 Å². The van der Waals surface area contributed by atoms with Gasteiger partial charge in [0.1, 0.15) is 0 Å². The van der Waals surface area contributed by atoms with E-state index in [4.69, 9.17) is 15.2 Å². The fraction of sp³-hybridized carbons (Fsp3) is 1.00. The van der Waals surface area contributed by atoms with Crippen LogP contribution in [0.3, 0.4) is 0 Å². The van der Waals surface area contributed by atoms with E-state index < -0.39 is 0 Å². The summed E-state index contributed by atoms with van der Waals surface area (Å²) >= 11 is 0. The van der Waals surface area contributed by atoms with Gasteiger partial charge in [0.15, 0.2) is 0 Å². The fourth-order valence-electron chi connectivity index (χ4n) is 2.21. The molecule has 102 valence electrons. The Morgan fingerprint density at radius 2 is 2.29 bits per heavy atom. The van der Waals surface area contributed by atoms with Gasteiger partial charge in [-0.2, -0.15) is 0 Å². The van der Waals surface area contributed by atoms with Gasteiger partial charge in [-0.3, -0.25) is 4.90 Å². The first-order valence-electron chi connectivity index (χ1n) is 6.69. The van der Waals surface area contributed by atoms with Crippen molar-refractivity contribution in [2.45, 2.75) is 32.2 Å². The highest BCUT2D eigenvalue weighted by Crippen LogP contribution is 2.19. The van der Waals surface area contributed by atoms with Gasteiger partial charge in [0.25, 0.3) is 0 Å². The Bertz CT molecular complexity index is 208. The van der Waals surface area contributed by atoms with Crippen molar-refractivity contribution in [3.8, 4) is 0 Å². The molecular formula is C13H28N2O2. The maximum atomic E-state index is 5.90. The SMILES string of the molecule is CCOCC(C)(CN)N(C)CC1CCCOC1. The van der Waals surface area contributed by atoms with E-state index in [0.29, 0.717) is 19.1 Å². The van der Waals surface area contributed by atoms with Gasteiger partial charge in [-0.25, -0.2) is 0 Å². The van der Waals surface area contributed by atoms with E-state index in [-0.39, 0.29) is 5.54 Å². The average molecular weight is 244 g/mol. The molecule has 0 aliphatic carbocycles. The Morgan fingerprint density at radius 3 is 2.82 bits per heavy atom. The van der Waals surface area contributed by atoms with Gasteiger partial charge < -0.3 is 15.2 Å². The predicted molar refractivity (Wildman–Crippen MR) is 70.1 cm³/mol. The van der Waals surface area contributed by atoms with Gasteiger partial charge in [0.05, 0.1) is 18.8 Å². The summed E-state index contributed by atoms with van der Waals surface area (Å²) in [5, 5.41) is 0. The summed E-state index contributed by atoms with van der Waals surface area (Å²) in [5.41, 5.74) is 5.84. The lowest BCUT2D eigenvalue weighted by Crippen LogP contribution is -2.54. The molecule has 17 heavy (non-hydrogen) atoms. The molecule has 0 spiro atoms. The van der Waals surface area contributed by atoms with Crippen molar-refractivity contribution in [1.82, 2.24) is 4.90 Å². The monoisotopic (exact) mass is 244 g/mol. The summed E-state index contributed by atoms with van der Waals surface area (Å²) < 4.78 is 11.1. The molecule has 1 saturated heterocycles. The van der Waals surface area contributed by atoms with Crippen LogP contribution in [0.2, 0.25) is 0 Å². The minimum Gasteiger partial charge on any atom is -0.381 e. The van der Waals surface area contributed by atoms with E-state index in [1.807, 2.05) is 6.92 Å². The molecule has 1 aliphatic heterocycles. The van der Waals surface area contributed by atoms with Crippen molar-refractivity contribution < 1.29 is 9.47 Å². The Hall–Kier alpha value is -0.160. The zero-order valence-corrected chi connectivity index (χ0v) is 11.6. The standard InChI is InChI=1S/C13H28N2O2/c1-4-16-11-13(2,10-14)15(3)8-12-6-5-7-17-9-12/h12H,4-11,14H2,1-3H3. The lowest BCUT2D eigenvalue weighted by atomic mass is 9.96. The Labute approximate surface area is 105 Å². The molecule has 0 radical (unpaired) electrons. The Kier molecular flexibility index (Phi) is 6.41. The molecular weight excluding hydrogens is 216 g/mol. The number of likely N-dealkylation sites (N-methyl/N-ethyl adjacent to an activating group) is 1. The van der Waals surface area contributed by atoms with Gasteiger partial charge in [-0.1, -0.05) is 0 Å². The van der Waals surface area contributed by atoms with Crippen molar-refractivity contribution in [2.75, 3.05) is 46.6 Å². The zero-order chi connectivity index (χ0) is 12.7. The Balaban J connectivity index is 2.43. The van der Waals surface area contributed by atoms with E-state index in [1.54, 1.807) is 0 Å². The third-order valence-corrected chi connectivity index (χ3v) is 3.77. The maximum Gasteiger partial charge on any atom is 0.0659 e. The minimum atomic E-state index is -0.0620. The quantitative estimate of drug-likeness (QED) is 0.728. The van der Waals surface area contributed by atoms with Gasteiger partial charge in [-0.15, -0.1) is 0 Å². The summed E-state index contributed by atoms with van der Waals surface area (Å²) in [7, 11) is 2.14. The van der Waals surface area contributed by atoms with Crippen LogP contribution >= 0.6 is 0 Å². The second kappa shape index (κ2) is 7.31. The van der Waals surface area contributed by atoms with Crippen molar-refractivity contribution in [3.05, 3.63) is 0 Å². The van der Waals surface area contributed by atoms with Crippen molar-refractivity contribution in [3.63, 3.8) is 0 Å². The molecule has 0 aromatic carbocycles. The van der Waals surface area contributed by atoms with Crippen LogP contribution in [-0.2, 0) is 9.47 Å². The van der Waals surface area contributed by atoms with Crippen LogP contribution in [0.1, 0.15) is 26.7 Å². The van der Waals surface area contributed by atoms with Crippen molar-refractivity contribution in [2.24, 2.45) is 11.7 Å². The molecule has 0 amide bonds. The molecule has 1 rings (SSSR count). The maximum absolute atomic E-state index is 5.90. The van der Waals surface area contributed by atoms with Gasteiger partial charge in [0, 0.05) is 26.3 Å². The lowest BCUT2D eigenvalue weighted by molar-refractivity contribution is -0.00780.